The van der Waals surface area contributed by atoms with Gasteiger partial charge in [0.25, 0.3) is 0 Å². The summed E-state index contributed by atoms with van der Waals surface area (Å²) in [5, 5.41) is 19.0. The lowest BCUT2D eigenvalue weighted by molar-refractivity contribution is 0.373. The van der Waals surface area contributed by atoms with E-state index >= 15 is 0 Å². The molecule has 1 aromatic heterocycles. The molecule has 0 aliphatic heterocycles. The van der Waals surface area contributed by atoms with Crippen molar-refractivity contribution < 1.29 is 14.9 Å². The highest BCUT2D eigenvalue weighted by atomic mass is 16.5. The number of methoxy groups -OCH3 is 1. The molecule has 23 heavy (non-hydrogen) atoms. The molecule has 1 heterocycles. The van der Waals surface area contributed by atoms with Gasteiger partial charge in [0.15, 0.2) is 11.5 Å². The summed E-state index contributed by atoms with van der Waals surface area (Å²) < 4.78 is 5.08. The van der Waals surface area contributed by atoms with Crippen LogP contribution in [0.3, 0.4) is 0 Å². The zero-order valence-corrected chi connectivity index (χ0v) is 12.3. The highest BCUT2D eigenvalue weighted by Crippen LogP contribution is 2.31. The van der Waals surface area contributed by atoms with Crippen LogP contribution in [-0.4, -0.2) is 27.3 Å². The smallest absolute Gasteiger partial charge is 0.345 e. The Kier molecular flexibility index (Phi) is 3.72. The van der Waals surface area contributed by atoms with Crippen molar-refractivity contribution in [2.75, 3.05) is 7.11 Å². The number of phenols is 2. The van der Waals surface area contributed by atoms with E-state index < -0.39 is 5.69 Å². The number of hydrogen-bond acceptors (Lipinski definition) is 5. The van der Waals surface area contributed by atoms with Gasteiger partial charge in [0.1, 0.15) is 5.75 Å². The predicted molar refractivity (Wildman–Crippen MR) is 85.6 cm³/mol. The van der Waals surface area contributed by atoms with Gasteiger partial charge in [-0.3, -0.25) is 0 Å². The van der Waals surface area contributed by atoms with Crippen LogP contribution in [0.1, 0.15) is 0 Å². The zero-order chi connectivity index (χ0) is 16.4. The van der Waals surface area contributed by atoms with Crippen molar-refractivity contribution >= 4 is 0 Å². The monoisotopic (exact) mass is 310 g/mol. The third-order valence-electron chi connectivity index (χ3n) is 3.40. The summed E-state index contributed by atoms with van der Waals surface area (Å²) in [7, 11) is 1.45. The van der Waals surface area contributed by atoms with Gasteiger partial charge in [0, 0.05) is 11.1 Å². The second-order valence-electron chi connectivity index (χ2n) is 4.92. The lowest BCUT2D eigenvalue weighted by Crippen LogP contribution is -2.11. The number of aromatic nitrogens is 2. The van der Waals surface area contributed by atoms with Crippen LogP contribution in [0.15, 0.2) is 53.3 Å². The van der Waals surface area contributed by atoms with Crippen LogP contribution in [0.4, 0.5) is 0 Å². The number of benzene rings is 2. The van der Waals surface area contributed by atoms with Gasteiger partial charge in [-0.1, -0.05) is 0 Å². The number of hydrogen-bond donors (Lipinski definition) is 3. The summed E-state index contributed by atoms with van der Waals surface area (Å²) in [6, 6.07) is 12.9. The number of rotatable bonds is 3. The maximum Gasteiger partial charge on any atom is 0.345 e. The van der Waals surface area contributed by atoms with E-state index in [1.54, 1.807) is 30.3 Å². The minimum Gasteiger partial charge on any atom is -0.508 e. The van der Waals surface area contributed by atoms with Gasteiger partial charge in [-0.25, -0.2) is 4.79 Å². The van der Waals surface area contributed by atoms with E-state index in [4.69, 9.17) is 4.74 Å². The SMILES string of the molecule is COc1cc(-c2cc(-c3ccc(O)cc3)nc(=O)[nH]2)ccc1O. The Hall–Kier alpha value is -3.28. The third-order valence-corrected chi connectivity index (χ3v) is 3.40. The summed E-state index contributed by atoms with van der Waals surface area (Å²) in [5.41, 5.74) is 1.93. The molecule has 0 fully saturated rings. The average molecular weight is 310 g/mol. The van der Waals surface area contributed by atoms with Crippen molar-refractivity contribution in [1.29, 1.82) is 0 Å². The molecule has 6 heteroatoms. The highest BCUT2D eigenvalue weighted by molar-refractivity contribution is 5.69. The van der Waals surface area contributed by atoms with Crippen molar-refractivity contribution in [2.24, 2.45) is 0 Å². The van der Waals surface area contributed by atoms with Gasteiger partial charge in [0.2, 0.25) is 0 Å². The molecule has 0 radical (unpaired) electrons. The lowest BCUT2D eigenvalue weighted by atomic mass is 10.1. The van der Waals surface area contributed by atoms with E-state index in [2.05, 4.69) is 9.97 Å². The molecule has 0 aliphatic carbocycles. The molecule has 0 saturated carbocycles. The van der Waals surface area contributed by atoms with E-state index in [1.165, 1.54) is 25.3 Å². The Morgan fingerprint density at radius 2 is 1.70 bits per heavy atom. The molecule has 0 aliphatic rings. The van der Waals surface area contributed by atoms with Crippen LogP contribution < -0.4 is 10.4 Å². The number of aromatic amines is 1. The van der Waals surface area contributed by atoms with Crippen molar-refractivity contribution in [3.05, 3.63) is 59.0 Å². The molecule has 3 aromatic rings. The molecule has 0 spiro atoms. The fourth-order valence-corrected chi connectivity index (χ4v) is 2.24. The largest absolute Gasteiger partial charge is 0.508 e. The maximum absolute atomic E-state index is 11.8. The summed E-state index contributed by atoms with van der Waals surface area (Å²) in [4.78, 5) is 18.5. The average Bonchev–Trinajstić information content (AvgIpc) is 2.55. The van der Waals surface area contributed by atoms with E-state index in [0.29, 0.717) is 28.3 Å². The number of H-pyrrole nitrogens is 1. The van der Waals surface area contributed by atoms with Crippen LogP contribution in [0.5, 0.6) is 17.2 Å². The van der Waals surface area contributed by atoms with Crippen molar-refractivity contribution in [3.8, 4) is 39.8 Å². The molecule has 3 N–H and O–H groups in total. The minimum absolute atomic E-state index is 0.0198. The van der Waals surface area contributed by atoms with Gasteiger partial charge in [-0.15, -0.1) is 0 Å². The molecule has 116 valence electrons. The molecule has 6 nitrogen and oxygen atoms in total. The Morgan fingerprint density at radius 3 is 2.39 bits per heavy atom. The first kappa shape index (κ1) is 14.6. The van der Waals surface area contributed by atoms with Crippen LogP contribution in [0.25, 0.3) is 22.5 Å². The van der Waals surface area contributed by atoms with E-state index in [-0.39, 0.29) is 11.5 Å². The molecule has 0 amide bonds. The minimum atomic E-state index is -0.488. The molecule has 0 atom stereocenters. The highest BCUT2D eigenvalue weighted by Gasteiger charge is 2.09. The van der Waals surface area contributed by atoms with Crippen LogP contribution in [-0.2, 0) is 0 Å². The second kappa shape index (κ2) is 5.84. The summed E-state index contributed by atoms with van der Waals surface area (Å²) in [6.45, 7) is 0. The van der Waals surface area contributed by atoms with Gasteiger partial charge < -0.3 is 19.9 Å². The normalized spacial score (nSPS) is 10.5. The zero-order valence-electron chi connectivity index (χ0n) is 12.3. The van der Waals surface area contributed by atoms with E-state index in [1.807, 2.05) is 0 Å². The first-order valence-corrected chi connectivity index (χ1v) is 6.85. The fourth-order valence-electron chi connectivity index (χ4n) is 2.24. The van der Waals surface area contributed by atoms with Gasteiger partial charge in [0.05, 0.1) is 18.5 Å². The van der Waals surface area contributed by atoms with Gasteiger partial charge in [-0.2, -0.15) is 4.98 Å². The Balaban J connectivity index is 2.11. The number of aromatic hydroxyl groups is 2. The fraction of sp³-hybridized carbons (Fsp3) is 0.0588. The molecule has 0 saturated heterocycles. The predicted octanol–water partition coefficient (Wildman–Crippen LogP) is 2.52. The van der Waals surface area contributed by atoms with Crippen molar-refractivity contribution in [1.82, 2.24) is 9.97 Å². The Labute approximate surface area is 131 Å². The molecule has 0 bridgehead atoms. The van der Waals surface area contributed by atoms with Crippen molar-refractivity contribution in [2.45, 2.75) is 0 Å². The Morgan fingerprint density at radius 1 is 1.00 bits per heavy atom. The standard InChI is InChI=1S/C17H14N2O4/c1-23-16-8-11(4-7-15(16)21)14-9-13(18-17(22)19-14)10-2-5-12(20)6-3-10/h2-9,20-21H,1H3,(H,18,19,22). The Bertz CT molecular complexity index is 901. The number of nitrogens with one attached hydrogen (secondary N) is 1. The van der Waals surface area contributed by atoms with Gasteiger partial charge in [-0.05, 0) is 48.5 Å². The van der Waals surface area contributed by atoms with Gasteiger partial charge >= 0.3 is 5.69 Å². The molecular weight excluding hydrogens is 296 g/mol. The number of nitrogens with zero attached hydrogens (tertiary/aromatic N) is 1. The first-order chi connectivity index (χ1) is 11.1. The number of ether oxygens (including phenoxy) is 1. The van der Waals surface area contributed by atoms with E-state index in [9.17, 15) is 15.0 Å². The quantitative estimate of drug-likeness (QED) is 0.691. The van der Waals surface area contributed by atoms with E-state index in [0.717, 1.165) is 0 Å². The lowest BCUT2D eigenvalue weighted by Gasteiger charge is -2.08. The third kappa shape index (κ3) is 3.01. The second-order valence-corrected chi connectivity index (χ2v) is 4.92. The number of phenolic OH excluding ortho intramolecular Hbond substituents is 2. The van der Waals surface area contributed by atoms with Crippen LogP contribution in [0.2, 0.25) is 0 Å². The summed E-state index contributed by atoms with van der Waals surface area (Å²) >= 11 is 0. The topological polar surface area (TPSA) is 95.4 Å². The molecule has 0 unspecified atom stereocenters. The summed E-state index contributed by atoms with van der Waals surface area (Å²) in [6.07, 6.45) is 0. The van der Waals surface area contributed by atoms with Crippen LogP contribution in [0, 0.1) is 0 Å². The molecular formula is C17H14N2O4. The summed E-state index contributed by atoms with van der Waals surface area (Å²) in [5.74, 6) is 0.472. The van der Waals surface area contributed by atoms with Crippen molar-refractivity contribution in [3.63, 3.8) is 0 Å². The molecule has 3 rings (SSSR count). The first-order valence-electron chi connectivity index (χ1n) is 6.85. The maximum atomic E-state index is 11.8. The van der Waals surface area contributed by atoms with Crippen LogP contribution >= 0.6 is 0 Å². The molecule has 2 aromatic carbocycles.